The van der Waals surface area contributed by atoms with E-state index in [1.165, 1.54) is 0 Å². The van der Waals surface area contributed by atoms with Crippen molar-refractivity contribution in [2.45, 2.75) is 34.6 Å². The lowest BCUT2D eigenvalue weighted by atomic mass is 10.0. The highest BCUT2D eigenvalue weighted by Crippen LogP contribution is 2.68. The molecule has 98 valence electrons. The van der Waals surface area contributed by atoms with Crippen LogP contribution in [0.3, 0.4) is 0 Å². The molecule has 1 saturated carbocycles. The smallest absolute Gasteiger partial charge is 0.228 e. The molecule has 1 N–H and O–H groups in total. The number of pyridine rings is 1. The molecule has 0 unspecified atom stereocenters. The van der Waals surface area contributed by atoms with Gasteiger partial charge in [-0.05, 0) is 29.4 Å². The van der Waals surface area contributed by atoms with E-state index in [0.29, 0.717) is 10.8 Å². The Bertz CT molecular complexity index is 495. The van der Waals surface area contributed by atoms with Gasteiger partial charge in [0.15, 0.2) is 0 Å². The summed E-state index contributed by atoms with van der Waals surface area (Å²) in [7, 11) is 0. The second kappa shape index (κ2) is 3.95. The van der Waals surface area contributed by atoms with Crippen molar-refractivity contribution in [3.05, 3.63) is 23.0 Å². The van der Waals surface area contributed by atoms with Crippen molar-refractivity contribution in [1.82, 2.24) is 4.98 Å². The van der Waals surface area contributed by atoms with Crippen LogP contribution in [0.2, 0.25) is 5.15 Å². The second-order valence-electron chi connectivity index (χ2n) is 6.20. The Morgan fingerprint density at radius 3 is 2.33 bits per heavy atom. The molecule has 2 rings (SSSR count). The first-order valence-corrected chi connectivity index (χ1v) is 6.48. The molecule has 0 aromatic carbocycles. The van der Waals surface area contributed by atoms with Gasteiger partial charge in [-0.25, -0.2) is 4.98 Å². The summed E-state index contributed by atoms with van der Waals surface area (Å²) in [6.45, 7) is 10.4. The lowest BCUT2D eigenvalue weighted by molar-refractivity contribution is -0.118. The topological polar surface area (TPSA) is 42.0 Å². The molecule has 0 spiro atoms. The van der Waals surface area contributed by atoms with Gasteiger partial charge in [0.2, 0.25) is 5.91 Å². The van der Waals surface area contributed by atoms with Crippen LogP contribution in [-0.4, -0.2) is 10.9 Å². The Morgan fingerprint density at radius 2 is 1.89 bits per heavy atom. The highest BCUT2D eigenvalue weighted by Gasteiger charge is 2.68. The van der Waals surface area contributed by atoms with Gasteiger partial charge in [0.1, 0.15) is 5.15 Å². The fourth-order valence-corrected chi connectivity index (χ4v) is 2.80. The third-order valence-corrected chi connectivity index (χ3v) is 4.96. The van der Waals surface area contributed by atoms with Gasteiger partial charge in [0, 0.05) is 5.92 Å². The van der Waals surface area contributed by atoms with Gasteiger partial charge in [-0.2, -0.15) is 0 Å². The average molecular weight is 267 g/mol. The van der Waals surface area contributed by atoms with E-state index in [9.17, 15) is 4.79 Å². The number of hydrogen-bond acceptors (Lipinski definition) is 2. The standard InChI is InChI=1S/C14H19ClN2O/c1-8-6-9(7-16-11(8)15)17-12(18)10-13(2,3)14(10,4)5/h6-7,10H,1-5H3,(H,17,18). The predicted octanol–water partition coefficient (Wildman–Crippen LogP) is 3.66. The largest absolute Gasteiger partial charge is 0.324 e. The summed E-state index contributed by atoms with van der Waals surface area (Å²) in [5.41, 5.74) is 1.67. The molecule has 1 heterocycles. The molecule has 1 fully saturated rings. The number of aromatic nitrogens is 1. The first kappa shape index (κ1) is 13.3. The van der Waals surface area contributed by atoms with Crippen LogP contribution in [0, 0.1) is 23.7 Å². The summed E-state index contributed by atoms with van der Waals surface area (Å²) in [5, 5.41) is 3.40. The van der Waals surface area contributed by atoms with Crippen LogP contribution in [-0.2, 0) is 4.79 Å². The maximum Gasteiger partial charge on any atom is 0.228 e. The van der Waals surface area contributed by atoms with Gasteiger partial charge in [-0.3, -0.25) is 4.79 Å². The number of amides is 1. The van der Waals surface area contributed by atoms with Gasteiger partial charge in [-0.15, -0.1) is 0 Å². The number of carbonyl (C=O) groups excluding carboxylic acids is 1. The van der Waals surface area contributed by atoms with Gasteiger partial charge in [0.05, 0.1) is 11.9 Å². The lowest BCUT2D eigenvalue weighted by Gasteiger charge is -2.07. The summed E-state index contributed by atoms with van der Waals surface area (Å²) >= 11 is 5.86. The van der Waals surface area contributed by atoms with Crippen LogP contribution in [0.5, 0.6) is 0 Å². The average Bonchev–Trinajstić information content (AvgIpc) is 2.63. The molecular formula is C14H19ClN2O. The SMILES string of the molecule is Cc1cc(NC(=O)C2C(C)(C)C2(C)C)cnc1Cl. The van der Waals surface area contributed by atoms with Crippen molar-refractivity contribution in [1.29, 1.82) is 0 Å². The minimum Gasteiger partial charge on any atom is -0.324 e. The first-order chi connectivity index (χ1) is 8.18. The van der Waals surface area contributed by atoms with Crippen LogP contribution in [0.25, 0.3) is 0 Å². The number of carbonyl (C=O) groups is 1. The van der Waals surface area contributed by atoms with Gasteiger partial charge in [0.25, 0.3) is 0 Å². The number of halogens is 1. The maximum atomic E-state index is 12.2. The summed E-state index contributed by atoms with van der Waals surface area (Å²) in [5.74, 6) is 0.106. The number of nitrogens with one attached hydrogen (secondary N) is 1. The number of hydrogen-bond donors (Lipinski definition) is 1. The Labute approximate surface area is 113 Å². The van der Waals surface area contributed by atoms with E-state index in [-0.39, 0.29) is 22.7 Å². The zero-order valence-corrected chi connectivity index (χ0v) is 12.2. The number of anilines is 1. The maximum absolute atomic E-state index is 12.2. The van der Waals surface area contributed by atoms with E-state index in [1.807, 2.05) is 13.0 Å². The molecule has 0 saturated heterocycles. The first-order valence-electron chi connectivity index (χ1n) is 6.11. The molecule has 1 amide bonds. The fraction of sp³-hybridized carbons (Fsp3) is 0.571. The molecule has 1 aliphatic carbocycles. The molecule has 0 radical (unpaired) electrons. The highest BCUT2D eigenvalue weighted by atomic mass is 35.5. The molecule has 1 aliphatic rings. The summed E-state index contributed by atoms with van der Waals surface area (Å²) in [6.07, 6.45) is 1.59. The normalized spacial score (nSPS) is 20.6. The van der Waals surface area contributed by atoms with Crippen molar-refractivity contribution in [3.63, 3.8) is 0 Å². The monoisotopic (exact) mass is 266 g/mol. The van der Waals surface area contributed by atoms with E-state index in [2.05, 4.69) is 38.0 Å². The van der Waals surface area contributed by atoms with E-state index in [1.54, 1.807) is 6.20 Å². The minimum atomic E-state index is 0.0426. The lowest BCUT2D eigenvalue weighted by Crippen LogP contribution is -2.17. The van der Waals surface area contributed by atoms with Crippen molar-refractivity contribution >= 4 is 23.2 Å². The highest BCUT2D eigenvalue weighted by molar-refractivity contribution is 6.30. The molecular weight excluding hydrogens is 248 g/mol. The molecule has 18 heavy (non-hydrogen) atoms. The number of nitrogens with zero attached hydrogens (tertiary/aromatic N) is 1. The van der Waals surface area contributed by atoms with Gasteiger partial charge < -0.3 is 5.32 Å². The molecule has 4 heteroatoms. The Hall–Kier alpha value is -1.09. The van der Waals surface area contributed by atoms with Crippen LogP contribution >= 0.6 is 11.6 Å². The van der Waals surface area contributed by atoms with Crippen molar-refractivity contribution in [2.75, 3.05) is 5.32 Å². The van der Waals surface area contributed by atoms with Crippen LogP contribution in [0.15, 0.2) is 12.3 Å². The summed E-state index contributed by atoms with van der Waals surface area (Å²) < 4.78 is 0. The number of rotatable bonds is 2. The van der Waals surface area contributed by atoms with Crippen molar-refractivity contribution in [3.8, 4) is 0 Å². The molecule has 0 bridgehead atoms. The van der Waals surface area contributed by atoms with Gasteiger partial charge >= 0.3 is 0 Å². The van der Waals surface area contributed by atoms with E-state index >= 15 is 0 Å². The summed E-state index contributed by atoms with van der Waals surface area (Å²) in [6, 6.07) is 1.84. The Kier molecular flexibility index (Phi) is 2.93. The van der Waals surface area contributed by atoms with Crippen LogP contribution in [0.4, 0.5) is 5.69 Å². The van der Waals surface area contributed by atoms with Crippen molar-refractivity contribution < 1.29 is 4.79 Å². The number of aryl methyl sites for hydroxylation is 1. The Morgan fingerprint density at radius 1 is 1.33 bits per heavy atom. The van der Waals surface area contributed by atoms with Crippen LogP contribution < -0.4 is 5.32 Å². The Balaban J connectivity index is 2.12. The molecule has 0 atom stereocenters. The van der Waals surface area contributed by atoms with E-state index in [4.69, 9.17) is 11.6 Å². The third-order valence-electron chi connectivity index (χ3n) is 4.56. The molecule has 0 aliphatic heterocycles. The van der Waals surface area contributed by atoms with E-state index < -0.39 is 0 Å². The van der Waals surface area contributed by atoms with E-state index in [0.717, 1.165) is 5.56 Å². The zero-order chi connectivity index (χ0) is 13.7. The molecule has 1 aromatic rings. The minimum absolute atomic E-state index is 0.0426. The quantitative estimate of drug-likeness (QED) is 0.830. The molecule has 3 nitrogen and oxygen atoms in total. The third kappa shape index (κ3) is 1.91. The zero-order valence-electron chi connectivity index (χ0n) is 11.5. The van der Waals surface area contributed by atoms with Crippen molar-refractivity contribution in [2.24, 2.45) is 16.7 Å². The second-order valence-corrected chi connectivity index (χ2v) is 6.56. The molecule has 1 aromatic heterocycles. The summed E-state index contributed by atoms with van der Waals surface area (Å²) in [4.78, 5) is 16.3. The van der Waals surface area contributed by atoms with Crippen LogP contribution in [0.1, 0.15) is 33.3 Å². The fourth-order valence-electron chi connectivity index (χ4n) is 2.69. The van der Waals surface area contributed by atoms with Gasteiger partial charge in [-0.1, -0.05) is 39.3 Å². The predicted molar refractivity (Wildman–Crippen MR) is 73.7 cm³/mol.